The summed E-state index contributed by atoms with van der Waals surface area (Å²) < 4.78 is 25.0. The minimum absolute atomic E-state index is 0.0909. The summed E-state index contributed by atoms with van der Waals surface area (Å²) in [6, 6.07) is 4.81. The van der Waals surface area contributed by atoms with Crippen LogP contribution in [0.4, 0.5) is 4.39 Å². The van der Waals surface area contributed by atoms with E-state index in [1.165, 1.54) is 18.9 Å². The number of nitrogens with zero attached hydrogens (tertiary/aromatic N) is 1. The van der Waals surface area contributed by atoms with Crippen molar-refractivity contribution in [2.24, 2.45) is 11.3 Å². The zero-order chi connectivity index (χ0) is 20.4. The van der Waals surface area contributed by atoms with Crippen LogP contribution in [0.5, 0.6) is 5.75 Å². The Kier molecular flexibility index (Phi) is 5.79. The van der Waals surface area contributed by atoms with E-state index in [0.29, 0.717) is 45.1 Å². The summed E-state index contributed by atoms with van der Waals surface area (Å²) in [6.07, 6.45) is 6.56. The molecular formula is C23H30FNO4. The van der Waals surface area contributed by atoms with Gasteiger partial charge >= 0.3 is 5.97 Å². The Bertz CT molecular complexity index is 770. The number of esters is 1. The molecule has 0 aromatic heterocycles. The van der Waals surface area contributed by atoms with Gasteiger partial charge in [0.2, 0.25) is 5.91 Å². The second-order valence-electron chi connectivity index (χ2n) is 8.68. The predicted molar refractivity (Wildman–Crippen MR) is 106 cm³/mol. The molecule has 1 aliphatic heterocycles. The van der Waals surface area contributed by atoms with Crippen molar-refractivity contribution in [1.82, 2.24) is 4.90 Å². The molecule has 1 atom stereocenters. The minimum atomic E-state index is -0.932. The van der Waals surface area contributed by atoms with E-state index >= 15 is 0 Å². The summed E-state index contributed by atoms with van der Waals surface area (Å²) >= 11 is 0. The van der Waals surface area contributed by atoms with Crippen molar-refractivity contribution in [2.75, 3.05) is 26.3 Å². The van der Waals surface area contributed by atoms with Crippen molar-refractivity contribution in [3.05, 3.63) is 29.6 Å². The van der Waals surface area contributed by atoms with Gasteiger partial charge in [-0.1, -0.05) is 12.8 Å². The molecule has 0 radical (unpaired) electrons. The highest BCUT2D eigenvalue weighted by molar-refractivity contribution is 6.05. The Morgan fingerprint density at radius 3 is 2.66 bits per heavy atom. The van der Waals surface area contributed by atoms with E-state index in [1.807, 2.05) is 0 Å². The molecule has 1 unspecified atom stereocenters. The normalized spacial score (nSPS) is 23.2. The minimum Gasteiger partial charge on any atom is -0.493 e. The summed E-state index contributed by atoms with van der Waals surface area (Å²) in [5.41, 5.74) is 0.0471. The van der Waals surface area contributed by atoms with Crippen molar-refractivity contribution >= 4 is 11.9 Å². The number of halogens is 1. The number of carbonyl (C=O) groups is 2. The summed E-state index contributed by atoms with van der Waals surface area (Å²) in [5.74, 6) is 0.683. The average molecular weight is 403 g/mol. The zero-order valence-corrected chi connectivity index (χ0v) is 17.1. The van der Waals surface area contributed by atoms with Crippen LogP contribution in [0.15, 0.2) is 18.2 Å². The molecule has 1 amide bonds. The van der Waals surface area contributed by atoms with Gasteiger partial charge in [0.25, 0.3) is 0 Å². The fraction of sp³-hybridized carbons (Fsp3) is 0.652. The zero-order valence-electron chi connectivity index (χ0n) is 17.1. The van der Waals surface area contributed by atoms with E-state index in [4.69, 9.17) is 9.47 Å². The van der Waals surface area contributed by atoms with Crippen LogP contribution in [0.25, 0.3) is 0 Å². The Morgan fingerprint density at radius 2 is 1.97 bits per heavy atom. The maximum absolute atomic E-state index is 13.8. The van der Waals surface area contributed by atoms with Gasteiger partial charge in [-0.2, -0.15) is 0 Å². The van der Waals surface area contributed by atoms with Gasteiger partial charge in [-0.25, -0.2) is 4.39 Å². The molecule has 4 rings (SSSR count). The molecule has 2 saturated carbocycles. The van der Waals surface area contributed by atoms with Crippen molar-refractivity contribution in [1.29, 1.82) is 0 Å². The van der Waals surface area contributed by atoms with E-state index < -0.39 is 5.41 Å². The van der Waals surface area contributed by atoms with Crippen molar-refractivity contribution < 1.29 is 23.5 Å². The van der Waals surface area contributed by atoms with Crippen LogP contribution in [0.1, 0.15) is 63.4 Å². The van der Waals surface area contributed by atoms with Crippen LogP contribution in [0.2, 0.25) is 0 Å². The van der Waals surface area contributed by atoms with E-state index in [2.05, 4.69) is 0 Å². The van der Waals surface area contributed by atoms with Gasteiger partial charge in [0.05, 0.1) is 13.2 Å². The number of hydrogen-bond donors (Lipinski definition) is 0. The highest BCUT2D eigenvalue weighted by Gasteiger charge is 2.59. The maximum atomic E-state index is 13.8. The summed E-state index contributed by atoms with van der Waals surface area (Å²) in [6.45, 7) is 3.80. The molecule has 29 heavy (non-hydrogen) atoms. The molecule has 0 bridgehead atoms. The number of hydrogen-bond acceptors (Lipinski definition) is 4. The lowest BCUT2D eigenvalue weighted by atomic mass is 9.96. The third-order valence-corrected chi connectivity index (χ3v) is 6.64. The van der Waals surface area contributed by atoms with Gasteiger partial charge in [0.15, 0.2) is 0 Å². The lowest BCUT2D eigenvalue weighted by molar-refractivity contribution is -0.157. The molecule has 158 valence electrons. The third-order valence-electron chi connectivity index (χ3n) is 6.64. The number of carbonyl (C=O) groups excluding carboxylic acids is 2. The fourth-order valence-corrected chi connectivity index (χ4v) is 4.77. The predicted octanol–water partition coefficient (Wildman–Crippen LogP) is 4.05. The van der Waals surface area contributed by atoms with E-state index in [9.17, 15) is 14.0 Å². The topological polar surface area (TPSA) is 55.8 Å². The van der Waals surface area contributed by atoms with Gasteiger partial charge in [0, 0.05) is 24.6 Å². The van der Waals surface area contributed by atoms with E-state index in [-0.39, 0.29) is 23.6 Å². The summed E-state index contributed by atoms with van der Waals surface area (Å²) in [4.78, 5) is 26.8. The second-order valence-corrected chi connectivity index (χ2v) is 8.68. The molecule has 1 aromatic rings. The van der Waals surface area contributed by atoms with Gasteiger partial charge in [-0.05, 0) is 63.1 Å². The van der Waals surface area contributed by atoms with Crippen molar-refractivity contribution in [3.8, 4) is 5.75 Å². The molecule has 3 fully saturated rings. The highest BCUT2D eigenvalue weighted by atomic mass is 19.1. The van der Waals surface area contributed by atoms with Crippen LogP contribution >= 0.6 is 0 Å². The van der Waals surface area contributed by atoms with Gasteiger partial charge in [0.1, 0.15) is 17.0 Å². The Morgan fingerprint density at radius 1 is 1.21 bits per heavy atom. The molecule has 6 heteroatoms. The third kappa shape index (κ3) is 4.12. The molecule has 2 aliphatic carbocycles. The fourth-order valence-electron chi connectivity index (χ4n) is 4.77. The van der Waals surface area contributed by atoms with Crippen LogP contribution in [-0.4, -0.2) is 43.1 Å². The smallest absolute Gasteiger partial charge is 0.321 e. The van der Waals surface area contributed by atoms with Crippen molar-refractivity contribution in [2.45, 2.75) is 57.8 Å². The van der Waals surface area contributed by atoms with Gasteiger partial charge < -0.3 is 14.4 Å². The molecule has 1 aromatic carbocycles. The highest BCUT2D eigenvalue weighted by Crippen LogP contribution is 2.49. The molecule has 0 N–H and O–H groups in total. The Hall–Kier alpha value is -2.11. The number of rotatable bonds is 7. The molecule has 0 spiro atoms. The summed E-state index contributed by atoms with van der Waals surface area (Å²) in [5, 5.41) is 0. The van der Waals surface area contributed by atoms with E-state index in [0.717, 1.165) is 30.6 Å². The van der Waals surface area contributed by atoms with Crippen LogP contribution in [0, 0.1) is 17.2 Å². The maximum Gasteiger partial charge on any atom is 0.321 e. The first-order valence-electron chi connectivity index (χ1n) is 10.9. The van der Waals surface area contributed by atoms with E-state index in [1.54, 1.807) is 24.0 Å². The quantitative estimate of drug-likeness (QED) is 0.509. The largest absolute Gasteiger partial charge is 0.493 e. The second kappa shape index (κ2) is 8.33. The first-order chi connectivity index (χ1) is 14.0. The van der Waals surface area contributed by atoms with Crippen LogP contribution in [-0.2, 0) is 14.3 Å². The standard InChI is InChI=1S/C23H30FNO4/c1-2-28-22(27)23(10-11-23)21(26)25-12-9-16(14-25)15-29-20-8-7-18(24)13-19(20)17-5-3-4-6-17/h7-8,13,16-17H,2-6,9-12,14-15H2,1H3. The molecule has 5 nitrogen and oxygen atoms in total. The van der Waals surface area contributed by atoms with Crippen LogP contribution in [0.3, 0.4) is 0 Å². The lowest BCUT2D eigenvalue weighted by Crippen LogP contribution is -2.40. The Labute approximate surface area is 171 Å². The van der Waals surface area contributed by atoms with Crippen molar-refractivity contribution in [3.63, 3.8) is 0 Å². The molecule has 1 saturated heterocycles. The number of likely N-dealkylation sites (tertiary alicyclic amines) is 1. The molecule has 1 heterocycles. The summed E-state index contributed by atoms with van der Waals surface area (Å²) in [7, 11) is 0. The van der Waals surface area contributed by atoms with Crippen LogP contribution < -0.4 is 4.74 Å². The van der Waals surface area contributed by atoms with Gasteiger partial charge in [-0.15, -0.1) is 0 Å². The number of amides is 1. The number of benzene rings is 1. The Balaban J connectivity index is 1.34. The first-order valence-corrected chi connectivity index (χ1v) is 10.9. The van der Waals surface area contributed by atoms with Gasteiger partial charge in [-0.3, -0.25) is 9.59 Å². The first kappa shape index (κ1) is 20.2. The number of ether oxygens (including phenoxy) is 2. The molecule has 3 aliphatic rings. The SMILES string of the molecule is CCOC(=O)C1(C(=O)N2CCC(COc3ccc(F)cc3C3CCCC3)C2)CC1. The lowest BCUT2D eigenvalue weighted by Gasteiger charge is -2.22. The average Bonchev–Trinajstić information content (AvgIpc) is 3.13. The monoisotopic (exact) mass is 403 g/mol. The molecular weight excluding hydrogens is 373 g/mol.